The number of aromatic hydroxyl groups is 1. The first-order valence-corrected chi connectivity index (χ1v) is 2.27. The Morgan fingerprint density at radius 1 is 1.62 bits per heavy atom. The van der Waals surface area contributed by atoms with E-state index in [9.17, 15) is 0 Å². The minimum absolute atomic E-state index is 0.00694. The summed E-state index contributed by atoms with van der Waals surface area (Å²) in [4.78, 5) is 0. The van der Waals surface area contributed by atoms with Gasteiger partial charge in [-0.25, -0.2) is 4.68 Å². The van der Waals surface area contributed by atoms with Crippen LogP contribution >= 0.6 is 0 Å². The zero-order valence-electron chi connectivity index (χ0n) is 4.79. The molecule has 0 aliphatic carbocycles. The van der Waals surface area contributed by atoms with Gasteiger partial charge in [-0.3, -0.25) is 0 Å². The van der Waals surface area contributed by atoms with Gasteiger partial charge in [-0.05, 0) is 6.92 Å². The monoisotopic (exact) mass is 113 g/mol. The van der Waals surface area contributed by atoms with E-state index in [1.807, 2.05) is 0 Å². The molecule has 1 N–H and O–H groups in total. The Bertz CT molecular complexity index is 174. The summed E-state index contributed by atoms with van der Waals surface area (Å²) < 4.78 is 1.51. The molecule has 4 nitrogen and oxygen atoms in total. The predicted molar refractivity (Wildman–Crippen MR) is 27.4 cm³/mol. The van der Waals surface area contributed by atoms with Crippen LogP contribution in [0.3, 0.4) is 0 Å². The second-order valence-corrected chi connectivity index (χ2v) is 1.62. The van der Waals surface area contributed by atoms with Crippen molar-refractivity contribution in [2.75, 3.05) is 0 Å². The zero-order valence-corrected chi connectivity index (χ0v) is 4.79. The fourth-order valence-electron chi connectivity index (χ4n) is 0.394. The maximum atomic E-state index is 8.75. The van der Waals surface area contributed by atoms with Crippen LogP contribution in [0.4, 0.5) is 0 Å². The van der Waals surface area contributed by atoms with Gasteiger partial charge in [0.2, 0.25) is 0 Å². The van der Waals surface area contributed by atoms with E-state index in [0.29, 0.717) is 5.69 Å². The van der Waals surface area contributed by atoms with E-state index in [1.165, 1.54) is 4.68 Å². The number of hydrogen-bond acceptors (Lipinski definition) is 3. The van der Waals surface area contributed by atoms with Gasteiger partial charge in [0.15, 0.2) is 0 Å². The van der Waals surface area contributed by atoms with Gasteiger partial charge in [-0.1, -0.05) is 10.3 Å². The molecule has 44 valence electrons. The molecular formula is C4H7N3O. The SMILES string of the molecule is Cc1c(O)nnn1C. The molecule has 0 aliphatic rings. The zero-order chi connectivity index (χ0) is 6.15. The lowest BCUT2D eigenvalue weighted by Crippen LogP contribution is -1.91. The average molecular weight is 113 g/mol. The van der Waals surface area contributed by atoms with Crippen LogP contribution in [0.1, 0.15) is 5.69 Å². The number of aromatic nitrogens is 3. The molecule has 0 atom stereocenters. The number of rotatable bonds is 0. The maximum absolute atomic E-state index is 8.75. The Morgan fingerprint density at radius 2 is 2.25 bits per heavy atom. The summed E-state index contributed by atoms with van der Waals surface area (Å²) in [5.74, 6) is 0.00694. The van der Waals surface area contributed by atoms with Crippen molar-refractivity contribution < 1.29 is 5.11 Å². The molecule has 4 heteroatoms. The van der Waals surface area contributed by atoms with Crippen molar-refractivity contribution in [1.29, 1.82) is 0 Å². The summed E-state index contributed by atoms with van der Waals surface area (Å²) in [6, 6.07) is 0. The van der Waals surface area contributed by atoms with Gasteiger partial charge in [-0.15, -0.1) is 0 Å². The van der Waals surface area contributed by atoms with Gasteiger partial charge >= 0.3 is 0 Å². The van der Waals surface area contributed by atoms with Gasteiger partial charge in [-0.2, -0.15) is 0 Å². The Kier molecular flexibility index (Phi) is 0.932. The molecule has 0 saturated carbocycles. The largest absolute Gasteiger partial charge is 0.491 e. The molecule has 0 amide bonds. The summed E-state index contributed by atoms with van der Waals surface area (Å²) in [6.45, 7) is 1.75. The van der Waals surface area contributed by atoms with E-state index in [0.717, 1.165) is 0 Å². The summed E-state index contributed by atoms with van der Waals surface area (Å²) in [5.41, 5.74) is 0.685. The molecule has 1 heterocycles. The maximum Gasteiger partial charge on any atom is 0.253 e. The topological polar surface area (TPSA) is 50.9 Å². The van der Waals surface area contributed by atoms with Crippen LogP contribution in [-0.4, -0.2) is 20.1 Å². The van der Waals surface area contributed by atoms with Crippen molar-refractivity contribution >= 4 is 0 Å². The van der Waals surface area contributed by atoms with E-state index in [2.05, 4.69) is 10.3 Å². The van der Waals surface area contributed by atoms with Gasteiger partial charge in [0.1, 0.15) is 0 Å². The summed E-state index contributed by atoms with van der Waals surface area (Å²) in [5, 5.41) is 15.7. The molecule has 0 spiro atoms. The Hall–Kier alpha value is -1.06. The molecule has 1 aromatic heterocycles. The molecular weight excluding hydrogens is 106 g/mol. The third-order valence-electron chi connectivity index (χ3n) is 1.08. The lowest BCUT2D eigenvalue weighted by molar-refractivity contribution is 0.448. The molecule has 0 fully saturated rings. The second-order valence-electron chi connectivity index (χ2n) is 1.62. The number of aryl methyl sites for hydroxylation is 1. The highest BCUT2D eigenvalue weighted by Gasteiger charge is 1.99. The highest BCUT2D eigenvalue weighted by molar-refractivity contribution is 5.11. The van der Waals surface area contributed by atoms with Crippen molar-refractivity contribution in [3.63, 3.8) is 0 Å². The number of hydrogen-bond donors (Lipinski definition) is 1. The first-order chi connectivity index (χ1) is 3.72. The van der Waals surface area contributed by atoms with Gasteiger partial charge < -0.3 is 5.11 Å². The average Bonchev–Trinajstić information content (AvgIpc) is 1.98. The highest BCUT2D eigenvalue weighted by Crippen LogP contribution is 2.06. The molecule has 0 unspecified atom stereocenters. The van der Waals surface area contributed by atoms with E-state index >= 15 is 0 Å². The first kappa shape index (κ1) is 5.08. The smallest absolute Gasteiger partial charge is 0.253 e. The lowest BCUT2D eigenvalue weighted by Gasteiger charge is -1.86. The van der Waals surface area contributed by atoms with Gasteiger partial charge in [0.05, 0.1) is 5.69 Å². The first-order valence-electron chi connectivity index (χ1n) is 2.27. The highest BCUT2D eigenvalue weighted by atomic mass is 16.3. The molecule has 0 bridgehead atoms. The van der Waals surface area contributed by atoms with Crippen LogP contribution in [0.15, 0.2) is 0 Å². The Morgan fingerprint density at radius 3 is 2.38 bits per heavy atom. The van der Waals surface area contributed by atoms with Gasteiger partial charge in [0.25, 0.3) is 5.88 Å². The van der Waals surface area contributed by atoms with E-state index < -0.39 is 0 Å². The van der Waals surface area contributed by atoms with Crippen LogP contribution in [-0.2, 0) is 7.05 Å². The summed E-state index contributed by atoms with van der Waals surface area (Å²) >= 11 is 0. The van der Waals surface area contributed by atoms with Gasteiger partial charge in [0, 0.05) is 7.05 Å². The molecule has 0 saturated heterocycles. The standard InChI is InChI=1S/C4H7N3O/c1-3-4(8)5-6-7(3)2/h8H,1-2H3. The summed E-state index contributed by atoms with van der Waals surface area (Å²) in [6.07, 6.45) is 0. The van der Waals surface area contributed by atoms with Crippen molar-refractivity contribution in [3.05, 3.63) is 5.69 Å². The third-order valence-corrected chi connectivity index (χ3v) is 1.08. The minimum Gasteiger partial charge on any atom is -0.491 e. The van der Waals surface area contributed by atoms with Crippen LogP contribution in [0.2, 0.25) is 0 Å². The molecule has 8 heavy (non-hydrogen) atoms. The van der Waals surface area contributed by atoms with Crippen molar-refractivity contribution in [2.24, 2.45) is 7.05 Å². The fourth-order valence-corrected chi connectivity index (χ4v) is 0.394. The molecule has 0 aromatic carbocycles. The van der Waals surface area contributed by atoms with Crippen LogP contribution in [0.25, 0.3) is 0 Å². The molecule has 1 aromatic rings. The van der Waals surface area contributed by atoms with E-state index in [1.54, 1.807) is 14.0 Å². The molecule has 0 radical (unpaired) electrons. The van der Waals surface area contributed by atoms with Crippen LogP contribution < -0.4 is 0 Å². The fraction of sp³-hybridized carbons (Fsp3) is 0.500. The number of nitrogens with zero attached hydrogens (tertiary/aromatic N) is 3. The van der Waals surface area contributed by atoms with Crippen LogP contribution in [0, 0.1) is 6.92 Å². The van der Waals surface area contributed by atoms with Crippen molar-refractivity contribution in [3.8, 4) is 5.88 Å². The lowest BCUT2D eigenvalue weighted by atomic mass is 10.5. The molecule has 0 aliphatic heterocycles. The van der Waals surface area contributed by atoms with E-state index in [-0.39, 0.29) is 5.88 Å². The minimum atomic E-state index is 0.00694. The quantitative estimate of drug-likeness (QED) is 0.508. The Balaban J connectivity index is 3.19. The normalized spacial score (nSPS) is 9.75. The summed E-state index contributed by atoms with van der Waals surface area (Å²) in [7, 11) is 1.72. The second kappa shape index (κ2) is 1.47. The third kappa shape index (κ3) is 0.538. The molecule has 1 rings (SSSR count). The van der Waals surface area contributed by atoms with Crippen molar-refractivity contribution in [2.45, 2.75) is 6.92 Å². The van der Waals surface area contributed by atoms with E-state index in [4.69, 9.17) is 5.11 Å². The Labute approximate surface area is 46.8 Å². The van der Waals surface area contributed by atoms with Crippen LogP contribution in [0.5, 0.6) is 5.88 Å². The van der Waals surface area contributed by atoms with Crippen molar-refractivity contribution in [1.82, 2.24) is 15.0 Å². The predicted octanol–water partition coefficient (Wildman–Crippen LogP) is -0.171.